The maximum Gasteiger partial charge on any atom is 0.243 e. The Bertz CT molecular complexity index is 592. The van der Waals surface area contributed by atoms with Crippen LogP contribution in [0.2, 0.25) is 0 Å². The molecule has 1 aromatic carbocycles. The van der Waals surface area contributed by atoms with E-state index in [1.165, 1.54) is 0 Å². The highest BCUT2D eigenvalue weighted by Crippen LogP contribution is 2.29. The van der Waals surface area contributed by atoms with Crippen molar-refractivity contribution in [3.05, 3.63) is 22.4 Å². The molecule has 0 aliphatic heterocycles. The van der Waals surface area contributed by atoms with Gasteiger partial charge in [0.2, 0.25) is 10.0 Å². The van der Waals surface area contributed by atoms with Gasteiger partial charge in [0, 0.05) is 16.2 Å². The summed E-state index contributed by atoms with van der Waals surface area (Å²) in [5, 5.41) is 0. The Labute approximate surface area is 120 Å². The van der Waals surface area contributed by atoms with Crippen molar-refractivity contribution in [2.24, 2.45) is 5.92 Å². The van der Waals surface area contributed by atoms with Crippen LogP contribution in [-0.2, 0) is 10.0 Å². The molecular weight excluding hydrogens is 335 g/mol. The number of nitrogens with one attached hydrogen (secondary N) is 1. The molecule has 3 N–H and O–H groups in total. The molecule has 0 aromatic heterocycles. The van der Waals surface area contributed by atoms with Gasteiger partial charge in [-0.25, -0.2) is 17.5 Å². The highest BCUT2D eigenvalue weighted by atomic mass is 79.9. The molecule has 2 rings (SSSR count). The van der Waals surface area contributed by atoms with E-state index in [2.05, 4.69) is 27.6 Å². The average Bonchev–Trinajstić information content (AvgIpc) is 2.68. The fourth-order valence-electron chi connectivity index (χ4n) is 2.35. The highest BCUT2D eigenvalue weighted by Gasteiger charge is 2.28. The summed E-state index contributed by atoms with van der Waals surface area (Å²) in [6.45, 7) is 2.08. The molecule has 1 aliphatic carbocycles. The number of sulfonamides is 1. The molecule has 0 amide bonds. The SMILES string of the molecule is CC1CCC(NS(=O)(=O)c2cc(N)c(Br)cc2F)C1. The van der Waals surface area contributed by atoms with E-state index in [9.17, 15) is 12.8 Å². The Morgan fingerprint density at radius 1 is 1.42 bits per heavy atom. The van der Waals surface area contributed by atoms with E-state index in [1.54, 1.807) is 0 Å². The molecule has 1 aliphatic rings. The first-order valence-corrected chi connectivity index (χ1v) is 8.34. The van der Waals surface area contributed by atoms with Crippen molar-refractivity contribution in [1.82, 2.24) is 4.72 Å². The molecule has 0 radical (unpaired) electrons. The van der Waals surface area contributed by atoms with E-state index >= 15 is 0 Å². The highest BCUT2D eigenvalue weighted by molar-refractivity contribution is 9.10. The molecule has 4 nitrogen and oxygen atoms in total. The van der Waals surface area contributed by atoms with Crippen LogP contribution in [0.4, 0.5) is 10.1 Å². The van der Waals surface area contributed by atoms with Crippen molar-refractivity contribution in [3.63, 3.8) is 0 Å². The van der Waals surface area contributed by atoms with Gasteiger partial charge < -0.3 is 5.73 Å². The molecule has 0 saturated heterocycles. The Morgan fingerprint density at radius 2 is 2.11 bits per heavy atom. The van der Waals surface area contributed by atoms with Gasteiger partial charge in [0.15, 0.2) is 0 Å². The number of halogens is 2. The summed E-state index contributed by atoms with van der Waals surface area (Å²) in [5.74, 6) is -0.313. The van der Waals surface area contributed by atoms with Crippen molar-refractivity contribution in [2.45, 2.75) is 37.1 Å². The number of anilines is 1. The van der Waals surface area contributed by atoms with E-state index in [0.717, 1.165) is 31.4 Å². The number of benzene rings is 1. The van der Waals surface area contributed by atoms with Gasteiger partial charge >= 0.3 is 0 Å². The lowest BCUT2D eigenvalue weighted by Crippen LogP contribution is -2.33. The van der Waals surface area contributed by atoms with E-state index in [4.69, 9.17) is 5.73 Å². The zero-order valence-corrected chi connectivity index (χ0v) is 12.9. The maximum atomic E-state index is 13.8. The smallest absolute Gasteiger partial charge is 0.243 e. The van der Waals surface area contributed by atoms with Gasteiger partial charge in [-0.1, -0.05) is 6.92 Å². The van der Waals surface area contributed by atoms with Crippen LogP contribution in [-0.4, -0.2) is 14.5 Å². The second kappa shape index (κ2) is 5.38. The van der Waals surface area contributed by atoms with E-state index in [1.807, 2.05) is 0 Å². The standard InChI is InChI=1S/C12H16BrFN2O2S/c1-7-2-3-8(4-7)16-19(17,18)12-6-11(15)9(13)5-10(12)14/h5-8,16H,2-4,15H2,1H3. The van der Waals surface area contributed by atoms with Gasteiger partial charge in [0.05, 0.1) is 0 Å². The molecule has 2 atom stereocenters. The summed E-state index contributed by atoms with van der Waals surface area (Å²) >= 11 is 3.06. The molecule has 0 spiro atoms. The molecule has 1 aromatic rings. The van der Waals surface area contributed by atoms with Gasteiger partial charge in [0.25, 0.3) is 0 Å². The maximum absolute atomic E-state index is 13.8. The summed E-state index contributed by atoms with van der Waals surface area (Å²) in [6, 6.07) is 2.09. The van der Waals surface area contributed by atoms with E-state index in [0.29, 0.717) is 10.4 Å². The summed E-state index contributed by atoms with van der Waals surface area (Å²) in [6.07, 6.45) is 2.55. The molecule has 7 heteroatoms. The van der Waals surface area contributed by atoms with Crippen LogP contribution in [0.1, 0.15) is 26.2 Å². The summed E-state index contributed by atoms with van der Waals surface area (Å²) in [5.41, 5.74) is 5.81. The molecule has 0 heterocycles. The third-order valence-electron chi connectivity index (χ3n) is 3.36. The van der Waals surface area contributed by atoms with Crippen molar-refractivity contribution in [3.8, 4) is 0 Å². The van der Waals surface area contributed by atoms with Gasteiger partial charge in [-0.2, -0.15) is 0 Å². The number of hydrogen-bond donors (Lipinski definition) is 2. The third kappa shape index (κ3) is 3.27. The van der Waals surface area contributed by atoms with Crippen LogP contribution < -0.4 is 10.5 Å². The molecular formula is C12H16BrFN2O2S. The molecule has 19 heavy (non-hydrogen) atoms. The Morgan fingerprint density at radius 3 is 2.68 bits per heavy atom. The van der Waals surface area contributed by atoms with Gasteiger partial charge in [-0.15, -0.1) is 0 Å². The second-order valence-electron chi connectivity index (χ2n) is 5.04. The van der Waals surface area contributed by atoms with Gasteiger partial charge in [-0.3, -0.25) is 0 Å². The predicted octanol–water partition coefficient (Wildman–Crippen LogP) is 2.64. The number of nitrogen functional groups attached to an aromatic ring is 1. The summed E-state index contributed by atoms with van der Waals surface area (Å²) in [7, 11) is -3.86. The topological polar surface area (TPSA) is 72.2 Å². The lowest BCUT2D eigenvalue weighted by atomic mass is 10.1. The van der Waals surface area contributed by atoms with Crippen LogP contribution in [0.15, 0.2) is 21.5 Å². The van der Waals surface area contributed by atoms with E-state index < -0.39 is 20.7 Å². The Balaban J connectivity index is 2.27. The molecule has 0 bridgehead atoms. The number of rotatable bonds is 3. The minimum Gasteiger partial charge on any atom is -0.398 e. The van der Waals surface area contributed by atoms with Crippen LogP contribution in [0, 0.1) is 11.7 Å². The quantitative estimate of drug-likeness (QED) is 0.823. The fraction of sp³-hybridized carbons (Fsp3) is 0.500. The van der Waals surface area contributed by atoms with Crippen molar-refractivity contribution in [1.29, 1.82) is 0 Å². The largest absolute Gasteiger partial charge is 0.398 e. The minimum absolute atomic E-state index is 0.121. The molecule has 106 valence electrons. The zero-order chi connectivity index (χ0) is 14.2. The van der Waals surface area contributed by atoms with Crippen LogP contribution >= 0.6 is 15.9 Å². The lowest BCUT2D eigenvalue weighted by Gasteiger charge is -2.14. The third-order valence-corrected chi connectivity index (χ3v) is 5.58. The molecule has 1 fully saturated rings. The van der Waals surface area contributed by atoms with Gasteiger partial charge in [0.1, 0.15) is 10.7 Å². The monoisotopic (exact) mass is 350 g/mol. The molecule has 2 unspecified atom stereocenters. The first kappa shape index (κ1) is 14.7. The van der Waals surface area contributed by atoms with E-state index in [-0.39, 0.29) is 11.7 Å². The van der Waals surface area contributed by atoms with Crippen LogP contribution in [0.25, 0.3) is 0 Å². The first-order chi connectivity index (χ1) is 8.79. The minimum atomic E-state index is -3.86. The predicted molar refractivity (Wildman–Crippen MR) is 75.6 cm³/mol. The first-order valence-electron chi connectivity index (χ1n) is 6.06. The summed E-state index contributed by atoms with van der Waals surface area (Å²) < 4.78 is 41.0. The number of nitrogens with two attached hydrogens (primary N) is 1. The zero-order valence-electron chi connectivity index (χ0n) is 10.5. The van der Waals surface area contributed by atoms with Crippen molar-refractivity contribution >= 4 is 31.6 Å². The Hall–Kier alpha value is -0.660. The number of hydrogen-bond acceptors (Lipinski definition) is 3. The van der Waals surface area contributed by atoms with Crippen molar-refractivity contribution in [2.75, 3.05) is 5.73 Å². The second-order valence-corrected chi connectivity index (χ2v) is 7.58. The van der Waals surface area contributed by atoms with Crippen LogP contribution in [0.5, 0.6) is 0 Å². The Kier molecular flexibility index (Phi) is 4.17. The summed E-state index contributed by atoms with van der Waals surface area (Å²) in [4.78, 5) is -0.396. The molecule has 1 saturated carbocycles. The average molecular weight is 351 g/mol. The van der Waals surface area contributed by atoms with Gasteiger partial charge in [-0.05, 0) is 53.2 Å². The van der Waals surface area contributed by atoms with Crippen molar-refractivity contribution < 1.29 is 12.8 Å². The lowest BCUT2D eigenvalue weighted by molar-refractivity contribution is 0.527. The normalized spacial score (nSPS) is 23.7. The fourth-order valence-corrected chi connectivity index (χ4v) is 4.04. The van der Waals surface area contributed by atoms with Crippen LogP contribution in [0.3, 0.4) is 0 Å².